The molecule has 3 nitrogen and oxygen atoms in total. The monoisotopic (exact) mass is 432 g/mol. The number of rotatable bonds is 10. The molecule has 0 radical (unpaired) electrons. The fraction of sp³-hybridized carbons (Fsp3) is 0.310. The third kappa shape index (κ3) is 8.89. The second-order valence-corrected chi connectivity index (χ2v) is 8.63. The summed E-state index contributed by atoms with van der Waals surface area (Å²) >= 11 is 0. The van der Waals surface area contributed by atoms with E-state index >= 15 is 0 Å². The van der Waals surface area contributed by atoms with Crippen LogP contribution in [0.3, 0.4) is 0 Å². The number of hydrogen-bond donors (Lipinski definition) is 3. The first kappa shape index (κ1) is 25.1. The number of phenols is 3. The average molecular weight is 433 g/mol. The van der Waals surface area contributed by atoms with Crippen LogP contribution < -0.4 is 0 Å². The van der Waals surface area contributed by atoms with E-state index in [4.69, 9.17) is 0 Å². The topological polar surface area (TPSA) is 60.7 Å². The van der Waals surface area contributed by atoms with Gasteiger partial charge in [0.25, 0.3) is 0 Å². The lowest BCUT2D eigenvalue weighted by atomic mass is 10.0. The zero-order valence-electron chi connectivity index (χ0n) is 19.7. The molecule has 0 spiro atoms. The molecule has 3 heteroatoms. The first-order chi connectivity index (χ1) is 15.2. The number of allylic oxidation sites excluding steroid dienone is 6. The van der Waals surface area contributed by atoms with E-state index in [0.717, 1.165) is 31.2 Å². The van der Waals surface area contributed by atoms with Crippen LogP contribution in [0.25, 0.3) is 12.2 Å². The lowest BCUT2D eigenvalue weighted by Crippen LogP contribution is -1.88. The fourth-order valence-electron chi connectivity index (χ4n) is 3.36. The molecule has 0 bridgehead atoms. The van der Waals surface area contributed by atoms with E-state index < -0.39 is 0 Å². The van der Waals surface area contributed by atoms with Gasteiger partial charge in [0.2, 0.25) is 0 Å². The number of phenolic OH excluding ortho intramolecular Hbond substituents is 3. The summed E-state index contributed by atoms with van der Waals surface area (Å²) in [5.74, 6) is 0.402. The molecule has 0 aromatic heterocycles. The lowest BCUT2D eigenvalue weighted by Gasteiger charge is -2.08. The summed E-state index contributed by atoms with van der Waals surface area (Å²) in [5, 5.41) is 30.2. The minimum atomic E-state index is 0.0921. The second-order valence-electron chi connectivity index (χ2n) is 8.63. The first-order valence-electron chi connectivity index (χ1n) is 11.2. The maximum Gasteiger partial charge on any atom is 0.123 e. The van der Waals surface area contributed by atoms with Gasteiger partial charge in [-0.15, -0.1) is 0 Å². The summed E-state index contributed by atoms with van der Waals surface area (Å²) in [7, 11) is 0. The SMILES string of the molecule is CC(C)=CCCC(C)=CCCC(C)=CCc1c(O)cc(C=Cc2ccc(O)cc2)cc1O. The molecule has 0 atom stereocenters. The van der Waals surface area contributed by atoms with Gasteiger partial charge in [0.05, 0.1) is 0 Å². The van der Waals surface area contributed by atoms with Gasteiger partial charge < -0.3 is 15.3 Å². The van der Waals surface area contributed by atoms with Crippen molar-refractivity contribution in [3.8, 4) is 17.2 Å². The van der Waals surface area contributed by atoms with Gasteiger partial charge in [0, 0.05) is 5.56 Å². The summed E-state index contributed by atoms with van der Waals surface area (Å²) in [6, 6.07) is 10.2. The highest BCUT2D eigenvalue weighted by Gasteiger charge is 2.08. The Hall–Kier alpha value is -3.20. The molecule has 170 valence electrons. The van der Waals surface area contributed by atoms with E-state index in [0.29, 0.717) is 17.5 Å². The first-order valence-corrected chi connectivity index (χ1v) is 11.2. The molecule has 0 saturated carbocycles. The van der Waals surface area contributed by atoms with Crippen molar-refractivity contribution >= 4 is 12.2 Å². The van der Waals surface area contributed by atoms with Crippen molar-refractivity contribution in [2.45, 2.75) is 59.8 Å². The number of benzene rings is 2. The predicted molar refractivity (Wildman–Crippen MR) is 136 cm³/mol. The molecule has 2 rings (SSSR count). The number of hydrogen-bond acceptors (Lipinski definition) is 3. The average Bonchev–Trinajstić information content (AvgIpc) is 2.72. The molecule has 0 aliphatic carbocycles. The van der Waals surface area contributed by atoms with Gasteiger partial charge in [-0.1, -0.05) is 59.2 Å². The zero-order valence-corrected chi connectivity index (χ0v) is 19.7. The number of aromatic hydroxyl groups is 3. The van der Waals surface area contributed by atoms with Crippen molar-refractivity contribution in [2.24, 2.45) is 0 Å². The van der Waals surface area contributed by atoms with Crippen molar-refractivity contribution in [1.82, 2.24) is 0 Å². The normalized spacial score (nSPS) is 12.4. The smallest absolute Gasteiger partial charge is 0.123 e. The van der Waals surface area contributed by atoms with Gasteiger partial charge in [0.1, 0.15) is 17.2 Å². The van der Waals surface area contributed by atoms with E-state index in [2.05, 4.69) is 45.9 Å². The molecule has 0 saturated heterocycles. The molecule has 0 amide bonds. The van der Waals surface area contributed by atoms with Crippen LogP contribution in [0.15, 0.2) is 71.3 Å². The Morgan fingerprint density at radius 3 is 1.81 bits per heavy atom. The van der Waals surface area contributed by atoms with Crippen LogP contribution in [0.1, 0.15) is 70.1 Å². The van der Waals surface area contributed by atoms with Gasteiger partial charge in [0.15, 0.2) is 0 Å². The summed E-state index contributed by atoms with van der Waals surface area (Å²) in [6.07, 6.45) is 15.0. The molecule has 0 aliphatic rings. The minimum absolute atomic E-state index is 0.0921. The van der Waals surface area contributed by atoms with Crippen LogP contribution in [0.4, 0.5) is 0 Å². The molecule has 0 fully saturated rings. The van der Waals surface area contributed by atoms with E-state index in [1.807, 2.05) is 12.2 Å². The van der Waals surface area contributed by atoms with E-state index in [1.54, 1.807) is 36.4 Å². The summed E-state index contributed by atoms with van der Waals surface area (Å²) in [6.45, 7) is 8.54. The maximum atomic E-state index is 10.4. The molecule has 0 heterocycles. The Morgan fingerprint density at radius 2 is 1.22 bits per heavy atom. The van der Waals surface area contributed by atoms with Gasteiger partial charge >= 0.3 is 0 Å². The largest absolute Gasteiger partial charge is 0.508 e. The highest BCUT2D eigenvalue weighted by molar-refractivity contribution is 5.72. The van der Waals surface area contributed by atoms with Crippen LogP contribution in [0, 0.1) is 0 Å². The van der Waals surface area contributed by atoms with Gasteiger partial charge in [-0.2, -0.15) is 0 Å². The Kier molecular flexibility index (Phi) is 9.87. The molecule has 0 unspecified atom stereocenters. The third-order valence-electron chi connectivity index (χ3n) is 5.36. The van der Waals surface area contributed by atoms with Crippen LogP contribution >= 0.6 is 0 Å². The molecule has 2 aromatic rings. The van der Waals surface area contributed by atoms with Gasteiger partial charge in [-0.05, 0) is 95.2 Å². The Balaban J connectivity index is 1.93. The standard InChI is InChI=1S/C29H36O3/c1-21(2)7-5-8-22(3)9-6-10-23(4)11-18-27-28(31)19-25(20-29(27)32)13-12-24-14-16-26(30)17-15-24/h7,9,11-17,19-20,30-32H,5-6,8,10,18H2,1-4H3. The zero-order chi connectivity index (χ0) is 23.5. The Bertz CT molecular complexity index is 978. The van der Waals surface area contributed by atoms with E-state index in [1.165, 1.54) is 16.7 Å². The Labute approximate surface area is 192 Å². The molecule has 32 heavy (non-hydrogen) atoms. The molecular formula is C29H36O3. The second kappa shape index (κ2) is 12.6. The maximum absolute atomic E-state index is 10.4. The molecule has 2 aromatic carbocycles. The highest BCUT2D eigenvalue weighted by atomic mass is 16.3. The van der Waals surface area contributed by atoms with Crippen LogP contribution in [-0.4, -0.2) is 15.3 Å². The Morgan fingerprint density at radius 1 is 0.688 bits per heavy atom. The predicted octanol–water partition coefficient (Wildman–Crippen LogP) is 7.94. The van der Waals surface area contributed by atoms with Crippen molar-refractivity contribution in [2.75, 3.05) is 0 Å². The molecule has 3 N–H and O–H groups in total. The minimum Gasteiger partial charge on any atom is -0.508 e. The highest BCUT2D eigenvalue weighted by Crippen LogP contribution is 2.31. The van der Waals surface area contributed by atoms with E-state index in [9.17, 15) is 15.3 Å². The van der Waals surface area contributed by atoms with Gasteiger partial charge in [-0.25, -0.2) is 0 Å². The van der Waals surface area contributed by atoms with Crippen molar-refractivity contribution in [3.05, 3.63) is 88.0 Å². The van der Waals surface area contributed by atoms with Crippen molar-refractivity contribution in [3.63, 3.8) is 0 Å². The van der Waals surface area contributed by atoms with Crippen molar-refractivity contribution in [1.29, 1.82) is 0 Å². The van der Waals surface area contributed by atoms with Gasteiger partial charge in [-0.3, -0.25) is 0 Å². The molecule has 0 aliphatic heterocycles. The fourth-order valence-corrected chi connectivity index (χ4v) is 3.36. The van der Waals surface area contributed by atoms with Crippen LogP contribution in [0.2, 0.25) is 0 Å². The summed E-state index contributed by atoms with van der Waals surface area (Å²) in [4.78, 5) is 0. The molecular weight excluding hydrogens is 396 g/mol. The van der Waals surface area contributed by atoms with E-state index in [-0.39, 0.29) is 17.2 Å². The quantitative estimate of drug-likeness (QED) is 0.264. The van der Waals surface area contributed by atoms with Crippen molar-refractivity contribution < 1.29 is 15.3 Å². The summed E-state index contributed by atoms with van der Waals surface area (Å²) < 4.78 is 0. The summed E-state index contributed by atoms with van der Waals surface area (Å²) in [5.41, 5.74) is 6.20. The van der Waals surface area contributed by atoms with Crippen LogP contribution in [-0.2, 0) is 6.42 Å². The lowest BCUT2D eigenvalue weighted by molar-refractivity contribution is 0.440. The third-order valence-corrected chi connectivity index (χ3v) is 5.36. The van der Waals surface area contributed by atoms with Crippen LogP contribution in [0.5, 0.6) is 17.2 Å².